The highest BCUT2D eigenvalue weighted by Crippen LogP contribution is 2.66. The van der Waals surface area contributed by atoms with Gasteiger partial charge in [0.05, 0.1) is 0 Å². The topological polar surface area (TPSA) is 13.0 Å². The van der Waals surface area contributed by atoms with Crippen LogP contribution in [-0.4, -0.2) is 43.2 Å². The van der Waals surface area contributed by atoms with Crippen molar-refractivity contribution in [3.63, 3.8) is 0 Å². The summed E-state index contributed by atoms with van der Waals surface area (Å²) in [5.41, 5.74) is 30.0. The second-order valence-electron chi connectivity index (χ2n) is 23.2. The molecule has 378 valence electrons. The Labute approximate surface area is 437 Å². The molecule has 2 heterocycles. The fourth-order valence-corrected chi connectivity index (χ4v) is 19.6. The largest absolute Gasteiger partial charge is 0.325 e. The van der Waals surface area contributed by atoms with E-state index in [4.69, 9.17) is 0 Å². The third-order valence-electron chi connectivity index (χ3n) is 17.3. The molecule has 0 radical (unpaired) electrons. The summed E-state index contributed by atoms with van der Waals surface area (Å²) in [5, 5.41) is 0. The second-order valence-corrected chi connectivity index (χ2v) is 26.2. The van der Waals surface area contributed by atoms with E-state index < -0.39 is 0 Å². The van der Waals surface area contributed by atoms with Crippen LogP contribution in [0.4, 0.5) is 22.7 Å². The molecule has 5 aromatic carbocycles. The Kier molecular flexibility index (Phi) is 14.8. The Morgan fingerprint density at radius 1 is 0.403 bits per heavy atom. The van der Waals surface area contributed by atoms with Crippen molar-refractivity contribution in [3.8, 4) is 0 Å². The molecule has 2 saturated heterocycles. The second kappa shape index (κ2) is 21.1. The molecule has 5 aromatic rings. The summed E-state index contributed by atoms with van der Waals surface area (Å²) in [6.45, 7) is 32.0. The first-order valence-electron chi connectivity index (χ1n) is 28.1. The highest BCUT2D eigenvalue weighted by Gasteiger charge is 2.48. The van der Waals surface area contributed by atoms with Gasteiger partial charge in [0.2, 0.25) is 0 Å². The van der Waals surface area contributed by atoms with Gasteiger partial charge in [-0.05, 0) is 189 Å². The Balaban J connectivity index is 1.42. The lowest BCUT2D eigenvalue weighted by molar-refractivity contribution is 0.480. The first-order chi connectivity index (χ1) is 34.7. The van der Waals surface area contributed by atoms with Crippen LogP contribution in [0.3, 0.4) is 0 Å². The predicted octanol–water partition coefficient (Wildman–Crippen LogP) is 17.6. The zero-order valence-corrected chi connectivity index (χ0v) is 47.3. The lowest BCUT2D eigenvalue weighted by Gasteiger charge is -2.48. The number of hydrogen-bond donors (Lipinski definition) is 0. The summed E-state index contributed by atoms with van der Waals surface area (Å²) in [6.07, 6.45) is 18.9. The van der Waals surface area contributed by atoms with E-state index in [0.29, 0.717) is 5.66 Å². The van der Waals surface area contributed by atoms with E-state index in [2.05, 4.69) is 188 Å². The van der Waals surface area contributed by atoms with Crippen LogP contribution in [-0.2, 0) is 0 Å². The van der Waals surface area contributed by atoms with Gasteiger partial charge in [0.1, 0.15) is 11.6 Å². The molecule has 0 amide bonds. The third-order valence-corrected chi connectivity index (χ3v) is 21.3. The fourth-order valence-electron chi connectivity index (χ4n) is 15.1. The van der Waals surface area contributed by atoms with Gasteiger partial charge in [0.25, 0.3) is 0 Å². The van der Waals surface area contributed by atoms with Crippen molar-refractivity contribution in [2.24, 2.45) is 0 Å². The number of aryl methyl sites for hydroxylation is 12. The molecule has 3 aliphatic carbocycles. The number of allylic oxidation sites excluding steroid dienone is 3. The minimum Gasteiger partial charge on any atom is -0.325 e. The summed E-state index contributed by atoms with van der Waals surface area (Å²) >= 11 is 0. The van der Waals surface area contributed by atoms with Crippen LogP contribution in [0.15, 0.2) is 107 Å². The predicted molar refractivity (Wildman–Crippen MR) is 314 cm³/mol. The average Bonchev–Trinajstić information content (AvgIpc) is 3.93. The molecule has 0 bridgehead atoms. The molecule has 3 saturated carbocycles. The molecule has 5 aliphatic rings. The highest BCUT2D eigenvalue weighted by atomic mass is 31.1. The van der Waals surface area contributed by atoms with Gasteiger partial charge in [-0.3, -0.25) is 0 Å². The van der Waals surface area contributed by atoms with Gasteiger partial charge in [-0.1, -0.05) is 154 Å². The molecule has 5 fully saturated rings. The van der Waals surface area contributed by atoms with Gasteiger partial charge in [0, 0.05) is 65.7 Å². The average molecular weight is 977 g/mol. The number of benzene rings is 5. The highest BCUT2D eigenvalue weighted by molar-refractivity contribution is 7.60. The zero-order valence-electron chi connectivity index (χ0n) is 46.4. The van der Waals surface area contributed by atoms with Crippen molar-refractivity contribution in [3.05, 3.63) is 180 Å². The van der Waals surface area contributed by atoms with E-state index in [0.717, 1.165) is 43.9 Å². The Hall–Kier alpha value is -5.05. The van der Waals surface area contributed by atoms with Crippen LogP contribution in [0.1, 0.15) is 149 Å². The lowest BCUT2D eigenvalue weighted by Crippen LogP contribution is -2.38. The summed E-state index contributed by atoms with van der Waals surface area (Å²) in [4.78, 5) is 11.4. The molecule has 1 unspecified atom stereocenters. The van der Waals surface area contributed by atoms with Gasteiger partial charge >= 0.3 is 0 Å². The van der Waals surface area contributed by atoms with E-state index in [1.54, 1.807) is 5.57 Å². The van der Waals surface area contributed by atoms with E-state index in [9.17, 15) is 0 Å². The summed E-state index contributed by atoms with van der Waals surface area (Å²) < 4.78 is 0. The quantitative estimate of drug-likeness (QED) is 0.144. The summed E-state index contributed by atoms with van der Waals surface area (Å²) in [7, 11) is -0.387. The minimum absolute atomic E-state index is 0.387. The molecule has 4 nitrogen and oxygen atoms in total. The Bertz CT molecular complexity index is 2700. The van der Waals surface area contributed by atoms with Crippen LogP contribution in [0.5, 0.6) is 0 Å². The van der Waals surface area contributed by atoms with Crippen molar-refractivity contribution in [2.75, 3.05) is 45.8 Å². The minimum atomic E-state index is -0.387. The lowest BCUT2D eigenvalue weighted by atomic mass is 9.82. The number of hydrogen-bond acceptors (Lipinski definition) is 4. The Morgan fingerprint density at radius 3 is 1.08 bits per heavy atom. The molecule has 1 atom stereocenters. The molecular weight excluding hydrogens is 892 g/mol. The number of nitrogens with zero attached hydrogens (tertiary/aromatic N) is 4. The number of anilines is 4. The standard InChI is InChI=1S/C67H85N4P/c1-43-34-47(5)62(48(6)35-43)68-30-31-69(63-49(7)36-44(2)37-50(63)8)66(68)60-56(42-55-22-16-13-17-23-55)28-29-59(72(57-24-18-14-19-25-57)58-26-20-15-21-27-58)61(60)67-70(64-51(9)38-45(3)39-52(64)10)32-33-71(67)65-53(11)40-46(4)41-54(65)12/h13,16-17,22-23,34-42,57-59H,14-15,18-21,24-33H2,1-12H3. The van der Waals surface area contributed by atoms with Crippen molar-refractivity contribution >= 4 is 36.7 Å². The van der Waals surface area contributed by atoms with E-state index >= 15 is 0 Å². The molecule has 5 heteroatoms. The number of rotatable bonds is 8. The maximum absolute atomic E-state index is 2.88. The summed E-state index contributed by atoms with van der Waals surface area (Å²) in [6, 6.07) is 31.0. The van der Waals surface area contributed by atoms with E-state index in [-0.39, 0.29) is 7.92 Å². The van der Waals surface area contributed by atoms with Crippen LogP contribution < -0.4 is 19.6 Å². The van der Waals surface area contributed by atoms with E-state index in [1.165, 1.54) is 188 Å². The molecular formula is C67H85N4P. The molecule has 2 aliphatic heterocycles. The van der Waals surface area contributed by atoms with Gasteiger partial charge in [0.15, 0.2) is 0 Å². The summed E-state index contributed by atoms with van der Waals surface area (Å²) in [5.74, 6) is 2.87. The van der Waals surface area contributed by atoms with E-state index in [1.807, 2.05) is 0 Å². The van der Waals surface area contributed by atoms with Crippen molar-refractivity contribution in [1.29, 1.82) is 0 Å². The monoisotopic (exact) mass is 977 g/mol. The maximum Gasteiger partial charge on any atom is 0.121 e. The first kappa shape index (κ1) is 50.5. The maximum atomic E-state index is 2.88. The van der Waals surface area contributed by atoms with Gasteiger partial charge in [-0.15, -0.1) is 0 Å². The van der Waals surface area contributed by atoms with Gasteiger partial charge in [-0.2, -0.15) is 0 Å². The molecule has 0 aromatic heterocycles. The SMILES string of the molecule is Cc1cc(C)c(N2CCN(c3c(C)cc(C)cc3C)C2=C2C(=Cc3ccccc3)CCC(P(C3CCCCC3)C3CCCCC3)C2=C2N(c3c(C)cc(C)cc3C)CCN2c2c(C)cc(C)cc2C)c(C)c1. The van der Waals surface area contributed by atoms with Crippen LogP contribution >= 0.6 is 7.92 Å². The normalized spacial score (nSPS) is 20.1. The molecule has 10 rings (SSSR count). The smallest absolute Gasteiger partial charge is 0.121 e. The molecule has 72 heavy (non-hydrogen) atoms. The van der Waals surface area contributed by atoms with Crippen molar-refractivity contribution in [1.82, 2.24) is 0 Å². The Morgan fingerprint density at radius 2 is 0.736 bits per heavy atom. The first-order valence-corrected chi connectivity index (χ1v) is 29.7. The third kappa shape index (κ3) is 9.65. The zero-order chi connectivity index (χ0) is 50.5. The van der Waals surface area contributed by atoms with Gasteiger partial charge in [-0.25, -0.2) is 0 Å². The molecule has 0 spiro atoms. The molecule has 0 N–H and O–H groups in total. The fraction of sp³-hybridized carbons (Fsp3) is 0.463. The van der Waals surface area contributed by atoms with Crippen LogP contribution in [0.25, 0.3) is 6.08 Å². The van der Waals surface area contributed by atoms with Crippen molar-refractivity contribution < 1.29 is 0 Å². The van der Waals surface area contributed by atoms with Crippen LogP contribution in [0, 0.1) is 83.1 Å². The van der Waals surface area contributed by atoms with Gasteiger partial charge < -0.3 is 19.6 Å². The van der Waals surface area contributed by atoms with Crippen molar-refractivity contribution in [2.45, 2.75) is 177 Å². The van der Waals surface area contributed by atoms with Crippen LogP contribution in [0.2, 0.25) is 0 Å².